The van der Waals surface area contributed by atoms with Gasteiger partial charge in [0.15, 0.2) is 0 Å². The second kappa shape index (κ2) is 11.2. The smallest absolute Gasteiger partial charge is 0.371 e. The third kappa shape index (κ3) is 6.46. The first kappa shape index (κ1) is 25.8. The number of halogens is 4. The van der Waals surface area contributed by atoms with Gasteiger partial charge in [-0.25, -0.2) is 9.87 Å². The van der Waals surface area contributed by atoms with Gasteiger partial charge in [0.05, 0.1) is 5.56 Å². The summed E-state index contributed by atoms with van der Waals surface area (Å²) in [4.78, 5) is 15.4. The van der Waals surface area contributed by atoms with Crippen LogP contribution in [0.1, 0.15) is 36.8 Å². The molecule has 0 bridgehead atoms. The van der Waals surface area contributed by atoms with Gasteiger partial charge in [-0.2, -0.15) is 18.2 Å². The zero-order valence-electron chi connectivity index (χ0n) is 19.3. The Morgan fingerprint density at radius 1 is 1.06 bits per heavy atom. The lowest BCUT2D eigenvalue weighted by Crippen LogP contribution is -2.35. The molecule has 0 atom stereocenters. The summed E-state index contributed by atoms with van der Waals surface area (Å²) in [5.74, 6) is 0.659. The zero-order chi connectivity index (χ0) is 25.7. The van der Waals surface area contributed by atoms with Crippen LogP contribution >= 0.6 is 0 Å². The van der Waals surface area contributed by atoms with Gasteiger partial charge in [0.25, 0.3) is 5.89 Å². The van der Waals surface area contributed by atoms with Crippen molar-refractivity contribution in [3.63, 3.8) is 0 Å². The van der Waals surface area contributed by atoms with E-state index in [9.17, 15) is 22.4 Å². The molecule has 2 N–H and O–H groups in total. The molecule has 5 rings (SSSR count). The molecular formula is C25H26F4N4O3. The SMILES string of the molecule is O=CC1CC1.ONCc1ccc(-c2nc(-c3ccc(N4CCC(F)CC4)c(C(F)(F)F)c3)no2)cc1. The maximum absolute atomic E-state index is 13.8. The molecule has 0 unspecified atom stereocenters. The molecule has 0 radical (unpaired) electrons. The van der Waals surface area contributed by atoms with E-state index in [0.717, 1.165) is 30.8 Å². The number of carbonyl (C=O) groups excluding carboxylic acids is 1. The van der Waals surface area contributed by atoms with Crippen LogP contribution < -0.4 is 10.4 Å². The highest BCUT2D eigenvalue weighted by Gasteiger charge is 2.36. The largest absolute Gasteiger partial charge is 0.418 e. The number of hydrogen-bond acceptors (Lipinski definition) is 7. The molecule has 192 valence electrons. The number of nitrogens with one attached hydrogen (secondary N) is 1. The molecule has 1 aliphatic carbocycles. The number of alkyl halides is 4. The first-order valence-corrected chi connectivity index (χ1v) is 11.6. The quantitative estimate of drug-likeness (QED) is 0.262. The fourth-order valence-electron chi connectivity index (χ4n) is 3.81. The van der Waals surface area contributed by atoms with Crippen molar-refractivity contribution in [2.45, 2.75) is 44.6 Å². The topological polar surface area (TPSA) is 91.5 Å². The average Bonchev–Trinajstić information content (AvgIpc) is 3.60. The first-order valence-electron chi connectivity index (χ1n) is 11.6. The lowest BCUT2D eigenvalue weighted by Gasteiger charge is -2.32. The minimum atomic E-state index is -4.58. The Hall–Kier alpha value is -3.31. The van der Waals surface area contributed by atoms with Crippen LogP contribution in [0, 0.1) is 5.92 Å². The average molecular weight is 507 g/mol. The summed E-state index contributed by atoms with van der Waals surface area (Å²) in [6.45, 7) is 0.737. The first-order chi connectivity index (χ1) is 17.3. The van der Waals surface area contributed by atoms with Crippen LogP contribution in [-0.4, -0.2) is 40.9 Å². The van der Waals surface area contributed by atoms with Crippen molar-refractivity contribution in [2.75, 3.05) is 18.0 Å². The Bertz CT molecular complexity index is 1150. The Morgan fingerprint density at radius 2 is 1.72 bits per heavy atom. The molecule has 2 aliphatic rings. The van der Waals surface area contributed by atoms with Crippen LogP contribution in [0.5, 0.6) is 0 Å². The van der Waals surface area contributed by atoms with E-state index < -0.39 is 17.9 Å². The van der Waals surface area contributed by atoms with Crippen LogP contribution in [0.25, 0.3) is 22.8 Å². The van der Waals surface area contributed by atoms with Crippen LogP contribution in [0.15, 0.2) is 47.0 Å². The van der Waals surface area contributed by atoms with E-state index >= 15 is 0 Å². The summed E-state index contributed by atoms with van der Waals surface area (Å²) in [5.41, 5.74) is 2.87. The zero-order valence-corrected chi connectivity index (χ0v) is 19.3. The van der Waals surface area contributed by atoms with Gasteiger partial charge in [-0.05, 0) is 61.6 Å². The Balaban J connectivity index is 0.000000543. The van der Waals surface area contributed by atoms with Gasteiger partial charge in [0.2, 0.25) is 5.82 Å². The lowest BCUT2D eigenvalue weighted by atomic mass is 10.0. The summed E-state index contributed by atoms with van der Waals surface area (Å²) < 4.78 is 59.9. The van der Waals surface area contributed by atoms with Crippen LogP contribution in [-0.2, 0) is 17.5 Å². The minimum Gasteiger partial charge on any atom is -0.371 e. The summed E-state index contributed by atoms with van der Waals surface area (Å²) >= 11 is 0. The number of carbonyl (C=O) groups is 1. The number of rotatable bonds is 6. The van der Waals surface area contributed by atoms with Gasteiger partial charge in [-0.1, -0.05) is 17.3 Å². The number of hydroxylamine groups is 1. The van der Waals surface area contributed by atoms with Crippen molar-refractivity contribution in [2.24, 2.45) is 5.92 Å². The molecule has 7 nitrogen and oxygen atoms in total. The Morgan fingerprint density at radius 3 is 2.28 bits per heavy atom. The number of nitrogens with zero attached hydrogens (tertiary/aromatic N) is 3. The molecule has 2 aromatic carbocycles. The molecule has 0 spiro atoms. The molecular weight excluding hydrogens is 480 g/mol. The fraction of sp³-hybridized carbons (Fsp3) is 0.400. The summed E-state index contributed by atoms with van der Waals surface area (Å²) in [5, 5.41) is 12.6. The second-order valence-electron chi connectivity index (χ2n) is 8.82. The van der Waals surface area contributed by atoms with Crippen molar-refractivity contribution in [1.29, 1.82) is 0 Å². The number of hydrogen-bond donors (Lipinski definition) is 2. The standard InChI is InChI=1S/C21H20F4N4O2.C4H6O/c22-16-7-9-29(10-8-16)18-6-5-15(11-17(18)21(23,24)25)19-27-20(31-28-19)14-3-1-13(2-4-14)12-26-30;5-3-4-1-2-4/h1-6,11,16,26,30H,7-10,12H2;3-4H,1-2H2. The van der Waals surface area contributed by atoms with Crippen LogP contribution in [0.2, 0.25) is 0 Å². The van der Waals surface area contributed by atoms with E-state index in [1.54, 1.807) is 29.2 Å². The lowest BCUT2D eigenvalue weighted by molar-refractivity contribution is -0.137. The number of benzene rings is 2. The highest BCUT2D eigenvalue weighted by atomic mass is 19.4. The molecule has 0 amide bonds. The molecule has 1 saturated heterocycles. The van der Waals surface area contributed by atoms with E-state index in [2.05, 4.69) is 15.6 Å². The number of aldehydes is 1. The third-order valence-electron chi connectivity index (χ3n) is 6.05. The maximum atomic E-state index is 13.8. The van der Waals surface area contributed by atoms with Gasteiger partial charge in [-0.3, -0.25) is 0 Å². The molecule has 36 heavy (non-hydrogen) atoms. The summed E-state index contributed by atoms with van der Waals surface area (Å²) in [6.07, 6.45) is -1.83. The molecule has 2 heterocycles. The normalized spacial score (nSPS) is 16.4. The van der Waals surface area contributed by atoms with Gasteiger partial charge in [0, 0.05) is 42.4 Å². The number of piperidine rings is 1. The van der Waals surface area contributed by atoms with E-state index in [0.29, 0.717) is 11.5 Å². The minimum absolute atomic E-state index is 0.0277. The van der Waals surface area contributed by atoms with Crippen LogP contribution in [0.4, 0.5) is 23.2 Å². The molecule has 11 heteroatoms. The van der Waals surface area contributed by atoms with E-state index in [1.807, 2.05) is 0 Å². The predicted octanol–water partition coefficient (Wildman–Crippen LogP) is 5.43. The molecule has 1 aliphatic heterocycles. The van der Waals surface area contributed by atoms with Gasteiger partial charge in [-0.15, -0.1) is 0 Å². The van der Waals surface area contributed by atoms with Gasteiger partial charge >= 0.3 is 6.18 Å². The van der Waals surface area contributed by atoms with Crippen molar-refractivity contribution in [3.05, 3.63) is 53.6 Å². The van der Waals surface area contributed by atoms with Gasteiger partial charge in [0.1, 0.15) is 12.5 Å². The van der Waals surface area contributed by atoms with Gasteiger partial charge < -0.3 is 19.4 Å². The fourth-order valence-corrected chi connectivity index (χ4v) is 3.81. The Kier molecular flexibility index (Phi) is 8.00. The molecule has 1 aromatic heterocycles. The van der Waals surface area contributed by atoms with E-state index in [-0.39, 0.29) is 55.4 Å². The monoisotopic (exact) mass is 506 g/mol. The second-order valence-corrected chi connectivity index (χ2v) is 8.82. The number of anilines is 1. The highest BCUT2D eigenvalue weighted by Crippen LogP contribution is 2.40. The number of aromatic nitrogens is 2. The highest BCUT2D eigenvalue weighted by molar-refractivity contribution is 5.67. The van der Waals surface area contributed by atoms with Crippen LogP contribution in [0.3, 0.4) is 0 Å². The van der Waals surface area contributed by atoms with Crippen molar-refractivity contribution < 1.29 is 32.1 Å². The van der Waals surface area contributed by atoms with E-state index in [4.69, 9.17) is 9.73 Å². The van der Waals surface area contributed by atoms with E-state index in [1.165, 1.54) is 12.1 Å². The molecule has 3 aromatic rings. The third-order valence-corrected chi connectivity index (χ3v) is 6.05. The van der Waals surface area contributed by atoms with Crippen molar-refractivity contribution in [1.82, 2.24) is 15.6 Å². The molecule has 2 fully saturated rings. The van der Waals surface area contributed by atoms with Crippen molar-refractivity contribution >= 4 is 12.0 Å². The summed E-state index contributed by atoms with van der Waals surface area (Å²) in [6, 6.07) is 10.8. The predicted molar refractivity (Wildman–Crippen MR) is 124 cm³/mol. The molecule has 1 saturated carbocycles. The maximum Gasteiger partial charge on any atom is 0.418 e. The summed E-state index contributed by atoms with van der Waals surface area (Å²) in [7, 11) is 0. The van der Waals surface area contributed by atoms with Crippen molar-refractivity contribution in [3.8, 4) is 22.8 Å². The Labute approximate surface area is 205 Å².